The van der Waals surface area contributed by atoms with Crippen molar-refractivity contribution in [3.8, 4) is 0 Å². The summed E-state index contributed by atoms with van der Waals surface area (Å²) in [6, 6.07) is 5.57. The summed E-state index contributed by atoms with van der Waals surface area (Å²) in [5.74, 6) is -1.67. The maximum absolute atomic E-state index is 11.8. The quantitative estimate of drug-likeness (QED) is 0.793. The Morgan fingerprint density at radius 2 is 1.69 bits per heavy atom. The highest BCUT2D eigenvalue weighted by atomic mass is 16.4. The average Bonchev–Trinajstić information content (AvgIpc) is 2.15. The molecule has 1 aromatic carbocycles. The van der Waals surface area contributed by atoms with Crippen LogP contribution in [0.2, 0.25) is 0 Å². The van der Waals surface area contributed by atoms with Gasteiger partial charge in [-0.3, -0.25) is 9.59 Å². The van der Waals surface area contributed by atoms with Crippen molar-refractivity contribution >= 4 is 11.8 Å². The molecule has 1 unspecified atom stereocenters. The van der Waals surface area contributed by atoms with Gasteiger partial charge in [0.25, 0.3) is 0 Å². The van der Waals surface area contributed by atoms with E-state index >= 15 is 0 Å². The molecule has 0 bridgehead atoms. The van der Waals surface area contributed by atoms with Crippen molar-refractivity contribution in [1.82, 2.24) is 0 Å². The number of carbonyl (C=O) groups excluding carboxylic acids is 1. The molecule has 1 atom stereocenters. The number of Topliss-reactive ketones (excluding diaryl/α,β-unsaturated/α-hetero) is 1. The van der Waals surface area contributed by atoms with Crippen LogP contribution in [0, 0.1) is 19.8 Å². The third-order valence-corrected chi connectivity index (χ3v) is 2.46. The molecule has 0 aliphatic rings. The topological polar surface area (TPSA) is 54.4 Å². The van der Waals surface area contributed by atoms with Crippen molar-refractivity contribution in [2.45, 2.75) is 27.2 Å². The van der Waals surface area contributed by atoms with Crippen molar-refractivity contribution in [1.29, 1.82) is 0 Å². The second-order valence-corrected chi connectivity index (χ2v) is 4.24. The molecule has 0 fully saturated rings. The minimum atomic E-state index is -0.933. The standard InChI is InChI=1S/C13H16O3/c1-8-4-9(2)6-11(5-8)12(14)7-10(3)13(15)16/h4-6,10H,7H2,1-3H3,(H,15,16). The molecule has 0 heterocycles. The van der Waals surface area contributed by atoms with Gasteiger partial charge < -0.3 is 5.11 Å². The molecule has 0 saturated heterocycles. The number of carboxylic acid groups (broad SMARTS) is 1. The first-order valence-electron chi connectivity index (χ1n) is 5.24. The van der Waals surface area contributed by atoms with Gasteiger partial charge in [-0.05, 0) is 26.0 Å². The molecule has 0 spiro atoms. The number of ketones is 1. The highest BCUT2D eigenvalue weighted by molar-refractivity contribution is 5.98. The molecule has 1 N–H and O–H groups in total. The number of benzene rings is 1. The number of carbonyl (C=O) groups is 2. The largest absolute Gasteiger partial charge is 0.481 e. The molecule has 0 radical (unpaired) electrons. The highest BCUT2D eigenvalue weighted by Crippen LogP contribution is 2.14. The highest BCUT2D eigenvalue weighted by Gasteiger charge is 2.17. The zero-order valence-corrected chi connectivity index (χ0v) is 9.78. The zero-order valence-electron chi connectivity index (χ0n) is 9.78. The van der Waals surface area contributed by atoms with Gasteiger partial charge in [0.2, 0.25) is 0 Å². The molecule has 3 heteroatoms. The molecule has 0 amide bonds. The Morgan fingerprint density at radius 1 is 1.19 bits per heavy atom. The van der Waals surface area contributed by atoms with Crippen molar-refractivity contribution in [3.05, 3.63) is 34.9 Å². The Labute approximate surface area is 95.1 Å². The van der Waals surface area contributed by atoms with Crippen LogP contribution in [0.15, 0.2) is 18.2 Å². The fourth-order valence-corrected chi connectivity index (χ4v) is 1.62. The second-order valence-electron chi connectivity index (χ2n) is 4.24. The van der Waals surface area contributed by atoms with Crippen molar-refractivity contribution in [2.24, 2.45) is 5.92 Å². The van der Waals surface area contributed by atoms with Crippen molar-refractivity contribution < 1.29 is 14.7 Å². The van der Waals surface area contributed by atoms with Crippen LogP contribution in [0.1, 0.15) is 34.8 Å². The zero-order chi connectivity index (χ0) is 12.3. The van der Waals surface area contributed by atoms with E-state index in [9.17, 15) is 9.59 Å². The number of rotatable bonds is 4. The lowest BCUT2D eigenvalue weighted by molar-refractivity contribution is -0.141. The maximum Gasteiger partial charge on any atom is 0.306 e. The minimum Gasteiger partial charge on any atom is -0.481 e. The van der Waals surface area contributed by atoms with Crippen molar-refractivity contribution in [2.75, 3.05) is 0 Å². The molecule has 0 aliphatic heterocycles. The molecule has 0 aromatic heterocycles. The third-order valence-electron chi connectivity index (χ3n) is 2.46. The van der Waals surface area contributed by atoms with Crippen LogP contribution in [0.3, 0.4) is 0 Å². The van der Waals surface area contributed by atoms with Crippen LogP contribution in [0.25, 0.3) is 0 Å². The van der Waals surface area contributed by atoms with E-state index in [1.165, 1.54) is 0 Å². The molecular weight excluding hydrogens is 204 g/mol. The second kappa shape index (κ2) is 4.92. The molecule has 3 nitrogen and oxygen atoms in total. The first-order valence-corrected chi connectivity index (χ1v) is 5.24. The van der Waals surface area contributed by atoms with Crippen LogP contribution in [0.5, 0.6) is 0 Å². The Morgan fingerprint density at radius 3 is 2.12 bits per heavy atom. The van der Waals surface area contributed by atoms with Crippen LogP contribution in [0.4, 0.5) is 0 Å². The van der Waals surface area contributed by atoms with E-state index in [0.29, 0.717) is 5.56 Å². The smallest absolute Gasteiger partial charge is 0.306 e. The number of aryl methyl sites for hydroxylation is 2. The Bertz CT molecular complexity index is 401. The van der Waals surface area contributed by atoms with Gasteiger partial charge in [0.05, 0.1) is 5.92 Å². The fraction of sp³-hybridized carbons (Fsp3) is 0.385. The number of hydrogen-bond donors (Lipinski definition) is 1. The Hall–Kier alpha value is -1.64. The minimum absolute atomic E-state index is 0.0538. The Balaban J connectivity index is 2.84. The first-order chi connectivity index (χ1) is 7.40. The van der Waals surface area contributed by atoms with E-state index in [2.05, 4.69) is 0 Å². The lowest BCUT2D eigenvalue weighted by atomic mass is 9.97. The van der Waals surface area contributed by atoms with Crippen LogP contribution in [-0.4, -0.2) is 16.9 Å². The van der Waals surface area contributed by atoms with Gasteiger partial charge >= 0.3 is 5.97 Å². The van der Waals surface area contributed by atoms with Gasteiger partial charge in [0.15, 0.2) is 5.78 Å². The summed E-state index contributed by atoms with van der Waals surface area (Å²) in [4.78, 5) is 22.4. The first kappa shape index (κ1) is 12.4. The van der Waals surface area contributed by atoms with E-state index in [-0.39, 0.29) is 12.2 Å². The lowest BCUT2D eigenvalue weighted by Gasteiger charge is -2.07. The lowest BCUT2D eigenvalue weighted by Crippen LogP contribution is -2.14. The Kier molecular flexibility index (Phi) is 3.82. The summed E-state index contributed by atoms with van der Waals surface area (Å²) in [5.41, 5.74) is 2.64. The molecule has 86 valence electrons. The van der Waals surface area contributed by atoms with Gasteiger partial charge in [0.1, 0.15) is 0 Å². The molecule has 0 saturated carbocycles. The molecule has 0 aliphatic carbocycles. The van der Waals surface area contributed by atoms with E-state index in [1.807, 2.05) is 19.9 Å². The summed E-state index contributed by atoms with van der Waals surface area (Å²) in [6.45, 7) is 5.39. The predicted octanol–water partition coefficient (Wildman–Crippen LogP) is 2.60. The number of hydrogen-bond acceptors (Lipinski definition) is 2. The van der Waals surface area contributed by atoms with Crippen LogP contribution < -0.4 is 0 Å². The SMILES string of the molecule is Cc1cc(C)cc(C(=O)CC(C)C(=O)O)c1. The molecule has 1 rings (SSSR count). The van der Waals surface area contributed by atoms with E-state index < -0.39 is 11.9 Å². The van der Waals surface area contributed by atoms with E-state index in [0.717, 1.165) is 11.1 Å². The summed E-state index contributed by atoms with van der Waals surface area (Å²) >= 11 is 0. The normalized spacial score (nSPS) is 12.2. The van der Waals surface area contributed by atoms with Gasteiger partial charge in [0, 0.05) is 12.0 Å². The molecular formula is C13H16O3. The van der Waals surface area contributed by atoms with Crippen molar-refractivity contribution in [3.63, 3.8) is 0 Å². The van der Waals surface area contributed by atoms with Gasteiger partial charge in [-0.1, -0.05) is 24.1 Å². The van der Waals surface area contributed by atoms with Gasteiger partial charge in [-0.25, -0.2) is 0 Å². The molecule has 16 heavy (non-hydrogen) atoms. The number of aliphatic carboxylic acids is 1. The maximum atomic E-state index is 11.8. The van der Waals surface area contributed by atoms with Crippen LogP contribution in [-0.2, 0) is 4.79 Å². The molecule has 1 aromatic rings. The van der Waals surface area contributed by atoms with Gasteiger partial charge in [-0.2, -0.15) is 0 Å². The van der Waals surface area contributed by atoms with Crippen LogP contribution >= 0.6 is 0 Å². The van der Waals surface area contributed by atoms with E-state index in [1.54, 1.807) is 19.1 Å². The van der Waals surface area contributed by atoms with Gasteiger partial charge in [-0.15, -0.1) is 0 Å². The summed E-state index contributed by atoms with van der Waals surface area (Å²) in [7, 11) is 0. The third kappa shape index (κ3) is 3.19. The predicted molar refractivity (Wildman–Crippen MR) is 61.7 cm³/mol. The fourth-order valence-electron chi connectivity index (χ4n) is 1.62. The van der Waals surface area contributed by atoms with E-state index in [4.69, 9.17) is 5.11 Å². The number of carboxylic acids is 1. The monoisotopic (exact) mass is 220 g/mol. The average molecular weight is 220 g/mol. The summed E-state index contributed by atoms with van der Waals surface area (Å²) < 4.78 is 0. The summed E-state index contributed by atoms with van der Waals surface area (Å²) in [6.07, 6.45) is 0.0538. The summed E-state index contributed by atoms with van der Waals surface area (Å²) in [5, 5.41) is 8.73.